The number of rotatable bonds is 9. The topological polar surface area (TPSA) is 54.4 Å². The highest BCUT2D eigenvalue weighted by molar-refractivity contribution is 7.85. The van der Waals surface area contributed by atoms with Crippen LogP contribution in [-0.4, -0.2) is 13.0 Å². The Kier molecular flexibility index (Phi) is 7.10. The second kappa shape index (κ2) is 8.33. The number of hydrogen-bond donors (Lipinski definition) is 1. The Morgan fingerprint density at radius 2 is 1.42 bits per heavy atom. The average Bonchev–Trinajstić information content (AvgIpc) is 2.37. The van der Waals surface area contributed by atoms with Crippen LogP contribution in [0.5, 0.6) is 0 Å². The molecule has 3 nitrogen and oxygen atoms in total. The Morgan fingerprint density at radius 3 is 1.95 bits per heavy atom. The van der Waals surface area contributed by atoms with Gasteiger partial charge in [0.25, 0.3) is 10.1 Å². The molecule has 0 amide bonds. The van der Waals surface area contributed by atoms with Crippen LogP contribution in [0.15, 0.2) is 29.2 Å². The highest BCUT2D eigenvalue weighted by Crippen LogP contribution is 2.13. The normalized spacial score (nSPS) is 11.7. The summed E-state index contributed by atoms with van der Waals surface area (Å²) in [6, 6.07) is 6.48. The van der Waals surface area contributed by atoms with Crippen LogP contribution in [-0.2, 0) is 16.5 Å². The lowest BCUT2D eigenvalue weighted by atomic mass is 10.0. The number of aryl methyl sites for hydroxylation is 1. The van der Waals surface area contributed by atoms with Gasteiger partial charge in [-0.1, -0.05) is 57.6 Å². The molecule has 0 aliphatic heterocycles. The zero-order valence-corrected chi connectivity index (χ0v) is 12.5. The molecule has 0 spiro atoms. The molecule has 0 bridgehead atoms. The first-order valence-electron chi connectivity index (χ1n) is 7.10. The standard InChI is InChI=1S/C15H24O3S/c1-2-3-4-5-6-7-8-9-14-10-12-15(13-11-14)19(16,17)18/h10-13H,2-9H2,1H3,(H,16,17,18). The second-order valence-corrected chi connectivity index (χ2v) is 6.41. The Labute approximate surface area is 116 Å². The first-order chi connectivity index (χ1) is 9.04. The molecule has 4 heteroatoms. The molecule has 0 fully saturated rings. The molecular formula is C15H24O3S. The van der Waals surface area contributed by atoms with Crippen LogP contribution in [0.3, 0.4) is 0 Å². The van der Waals surface area contributed by atoms with Crippen LogP contribution in [0.2, 0.25) is 0 Å². The van der Waals surface area contributed by atoms with Gasteiger partial charge in [0.05, 0.1) is 4.90 Å². The van der Waals surface area contributed by atoms with E-state index in [0.717, 1.165) is 18.4 Å². The van der Waals surface area contributed by atoms with Gasteiger partial charge >= 0.3 is 0 Å². The fourth-order valence-electron chi connectivity index (χ4n) is 2.11. The van der Waals surface area contributed by atoms with Gasteiger partial charge in [-0.2, -0.15) is 8.42 Å². The van der Waals surface area contributed by atoms with Gasteiger partial charge in [0.2, 0.25) is 0 Å². The predicted octanol–water partition coefficient (Wildman–Crippen LogP) is 4.23. The van der Waals surface area contributed by atoms with Crippen molar-refractivity contribution < 1.29 is 13.0 Å². The highest BCUT2D eigenvalue weighted by Gasteiger charge is 2.07. The fourth-order valence-corrected chi connectivity index (χ4v) is 2.59. The van der Waals surface area contributed by atoms with E-state index in [2.05, 4.69) is 6.92 Å². The minimum Gasteiger partial charge on any atom is -0.282 e. The summed E-state index contributed by atoms with van der Waals surface area (Å²) in [7, 11) is -4.06. The van der Waals surface area contributed by atoms with Crippen molar-refractivity contribution in [1.82, 2.24) is 0 Å². The molecule has 0 saturated heterocycles. The third kappa shape index (κ3) is 6.73. The van der Waals surface area contributed by atoms with Crippen LogP contribution in [0.1, 0.15) is 57.4 Å². The highest BCUT2D eigenvalue weighted by atomic mass is 32.2. The molecule has 1 aromatic carbocycles. The molecule has 1 aromatic rings. The largest absolute Gasteiger partial charge is 0.294 e. The van der Waals surface area contributed by atoms with Crippen molar-refractivity contribution in [3.05, 3.63) is 29.8 Å². The molecule has 0 heterocycles. The summed E-state index contributed by atoms with van der Waals surface area (Å²) in [6.07, 6.45) is 9.87. The average molecular weight is 284 g/mol. The van der Waals surface area contributed by atoms with Crippen molar-refractivity contribution >= 4 is 10.1 Å². The smallest absolute Gasteiger partial charge is 0.282 e. The Hall–Kier alpha value is -0.870. The summed E-state index contributed by atoms with van der Waals surface area (Å²) in [4.78, 5) is -0.0317. The maximum Gasteiger partial charge on any atom is 0.294 e. The van der Waals surface area contributed by atoms with Crippen LogP contribution >= 0.6 is 0 Å². The van der Waals surface area contributed by atoms with Crippen LogP contribution in [0.25, 0.3) is 0 Å². The monoisotopic (exact) mass is 284 g/mol. The predicted molar refractivity (Wildman–Crippen MR) is 78.0 cm³/mol. The summed E-state index contributed by atoms with van der Waals surface area (Å²) < 4.78 is 30.6. The maximum atomic E-state index is 10.9. The summed E-state index contributed by atoms with van der Waals surface area (Å²) in [5.74, 6) is 0. The van der Waals surface area contributed by atoms with Gasteiger partial charge in [0.1, 0.15) is 0 Å². The van der Waals surface area contributed by atoms with Gasteiger partial charge in [-0.3, -0.25) is 4.55 Å². The van der Waals surface area contributed by atoms with Gasteiger partial charge in [-0.15, -0.1) is 0 Å². The molecule has 0 radical (unpaired) electrons. The van der Waals surface area contributed by atoms with E-state index in [-0.39, 0.29) is 4.90 Å². The number of unbranched alkanes of at least 4 members (excludes halogenated alkanes) is 6. The van der Waals surface area contributed by atoms with E-state index in [9.17, 15) is 8.42 Å². The van der Waals surface area contributed by atoms with E-state index in [0.29, 0.717) is 0 Å². The Morgan fingerprint density at radius 1 is 0.895 bits per heavy atom. The molecule has 0 aliphatic carbocycles. The van der Waals surface area contributed by atoms with Crippen LogP contribution in [0, 0.1) is 0 Å². The Bertz CT molecular complexity index is 449. The quantitative estimate of drug-likeness (QED) is 0.545. The number of hydrogen-bond acceptors (Lipinski definition) is 2. The van der Waals surface area contributed by atoms with Gasteiger partial charge in [0.15, 0.2) is 0 Å². The minimum absolute atomic E-state index is 0.0317. The summed E-state index contributed by atoms with van der Waals surface area (Å²) >= 11 is 0. The number of benzene rings is 1. The van der Waals surface area contributed by atoms with Crippen LogP contribution < -0.4 is 0 Å². The molecule has 108 valence electrons. The van der Waals surface area contributed by atoms with E-state index in [1.165, 1.54) is 50.7 Å². The van der Waals surface area contributed by atoms with Gasteiger partial charge in [-0.25, -0.2) is 0 Å². The molecule has 0 aliphatic rings. The first-order valence-corrected chi connectivity index (χ1v) is 8.54. The molecule has 1 rings (SSSR count). The van der Waals surface area contributed by atoms with E-state index < -0.39 is 10.1 Å². The molecule has 0 unspecified atom stereocenters. The van der Waals surface area contributed by atoms with E-state index >= 15 is 0 Å². The Balaban J connectivity index is 2.23. The zero-order chi connectivity index (χ0) is 14.1. The molecule has 0 aromatic heterocycles. The lowest BCUT2D eigenvalue weighted by Crippen LogP contribution is -1.98. The maximum absolute atomic E-state index is 10.9. The fraction of sp³-hybridized carbons (Fsp3) is 0.600. The van der Waals surface area contributed by atoms with Crippen molar-refractivity contribution in [3.63, 3.8) is 0 Å². The molecule has 0 saturated carbocycles. The summed E-state index contributed by atoms with van der Waals surface area (Å²) in [5, 5.41) is 0. The SMILES string of the molecule is CCCCCCCCCc1ccc(S(=O)(=O)O)cc1. The lowest BCUT2D eigenvalue weighted by Gasteiger charge is -2.03. The van der Waals surface area contributed by atoms with E-state index in [1.807, 2.05) is 0 Å². The van der Waals surface area contributed by atoms with Crippen molar-refractivity contribution in [3.8, 4) is 0 Å². The molecule has 1 N–H and O–H groups in total. The molecular weight excluding hydrogens is 260 g/mol. The lowest BCUT2D eigenvalue weighted by molar-refractivity contribution is 0.483. The van der Waals surface area contributed by atoms with Crippen molar-refractivity contribution in [1.29, 1.82) is 0 Å². The molecule has 0 atom stereocenters. The zero-order valence-electron chi connectivity index (χ0n) is 11.6. The van der Waals surface area contributed by atoms with Crippen LogP contribution in [0.4, 0.5) is 0 Å². The molecule has 19 heavy (non-hydrogen) atoms. The van der Waals surface area contributed by atoms with Gasteiger partial charge in [-0.05, 0) is 30.5 Å². The van der Waals surface area contributed by atoms with Crippen molar-refractivity contribution in [2.75, 3.05) is 0 Å². The van der Waals surface area contributed by atoms with Gasteiger partial charge < -0.3 is 0 Å². The third-order valence-corrected chi connectivity index (χ3v) is 4.16. The van der Waals surface area contributed by atoms with Crippen molar-refractivity contribution in [2.45, 2.75) is 63.2 Å². The minimum atomic E-state index is -4.06. The third-order valence-electron chi connectivity index (χ3n) is 3.29. The van der Waals surface area contributed by atoms with Gasteiger partial charge in [0, 0.05) is 0 Å². The van der Waals surface area contributed by atoms with E-state index in [4.69, 9.17) is 4.55 Å². The van der Waals surface area contributed by atoms with E-state index in [1.54, 1.807) is 12.1 Å². The first kappa shape index (κ1) is 16.2. The van der Waals surface area contributed by atoms with Crippen molar-refractivity contribution in [2.24, 2.45) is 0 Å². The summed E-state index contributed by atoms with van der Waals surface area (Å²) in [5.41, 5.74) is 1.13. The second-order valence-electron chi connectivity index (χ2n) is 4.99. The summed E-state index contributed by atoms with van der Waals surface area (Å²) in [6.45, 7) is 2.22.